The highest BCUT2D eigenvalue weighted by molar-refractivity contribution is 5.66. The second-order valence-corrected chi connectivity index (χ2v) is 5.36. The average Bonchev–Trinajstić information content (AvgIpc) is 2.16. The van der Waals surface area contributed by atoms with Crippen LogP contribution in [0.15, 0.2) is 35.5 Å². The highest BCUT2D eigenvalue weighted by atomic mass is 16.1. The SMILES string of the molecule is CC1=CCCC(C)(C)C1/C=C/C(C)=C/C=O. The molecule has 0 radical (unpaired) electrons. The molecule has 0 aromatic heterocycles. The van der Waals surface area contributed by atoms with E-state index in [1.165, 1.54) is 18.4 Å². The third kappa shape index (κ3) is 3.19. The second kappa shape index (κ2) is 5.29. The average molecular weight is 218 g/mol. The first kappa shape index (κ1) is 13.0. The molecule has 1 heteroatoms. The minimum atomic E-state index is 0.330. The molecule has 1 atom stereocenters. The molecule has 0 fully saturated rings. The molecule has 0 N–H and O–H groups in total. The van der Waals surface area contributed by atoms with Crippen molar-refractivity contribution in [1.29, 1.82) is 0 Å². The molecule has 0 heterocycles. The molecule has 0 amide bonds. The Hall–Kier alpha value is -1.11. The first-order valence-electron chi connectivity index (χ1n) is 5.94. The van der Waals surface area contributed by atoms with E-state index in [2.05, 4.69) is 39.0 Å². The maximum Gasteiger partial charge on any atom is 0.143 e. The van der Waals surface area contributed by atoms with Crippen molar-refractivity contribution < 1.29 is 4.79 Å². The Kier molecular flexibility index (Phi) is 4.28. The summed E-state index contributed by atoms with van der Waals surface area (Å²) >= 11 is 0. The predicted octanol–water partition coefficient (Wildman–Crippen LogP) is 4.07. The number of allylic oxidation sites excluding steroid dienone is 6. The van der Waals surface area contributed by atoms with Crippen LogP contribution in [0.1, 0.15) is 40.5 Å². The van der Waals surface area contributed by atoms with Gasteiger partial charge < -0.3 is 0 Å². The van der Waals surface area contributed by atoms with E-state index in [1.54, 1.807) is 6.08 Å². The molecule has 1 aliphatic rings. The number of carbonyl (C=O) groups excluding carboxylic acids is 1. The molecule has 0 spiro atoms. The van der Waals surface area contributed by atoms with Gasteiger partial charge in [-0.3, -0.25) is 4.79 Å². The lowest BCUT2D eigenvalue weighted by Gasteiger charge is -2.36. The summed E-state index contributed by atoms with van der Waals surface area (Å²) in [5.41, 5.74) is 2.80. The first-order valence-corrected chi connectivity index (χ1v) is 5.94. The first-order chi connectivity index (χ1) is 7.47. The van der Waals surface area contributed by atoms with E-state index in [4.69, 9.17) is 0 Å². The predicted molar refractivity (Wildman–Crippen MR) is 69.2 cm³/mol. The number of carbonyl (C=O) groups is 1. The summed E-state index contributed by atoms with van der Waals surface area (Å²) in [6, 6.07) is 0. The number of aldehydes is 1. The van der Waals surface area contributed by atoms with Crippen molar-refractivity contribution in [3.63, 3.8) is 0 Å². The van der Waals surface area contributed by atoms with E-state index in [-0.39, 0.29) is 0 Å². The van der Waals surface area contributed by atoms with E-state index >= 15 is 0 Å². The van der Waals surface area contributed by atoms with Crippen molar-refractivity contribution in [3.8, 4) is 0 Å². The molecule has 1 nitrogen and oxygen atoms in total. The highest BCUT2D eigenvalue weighted by Gasteiger charge is 2.30. The van der Waals surface area contributed by atoms with Gasteiger partial charge in [-0.15, -0.1) is 0 Å². The minimum absolute atomic E-state index is 0.330. The Morgan fingerprint density at radius 1 is 1.50 bits per heavy atom. The molecule has 16 heavy (non-hydrogen) atoms. The molecule has 0 bridgehead atoms. The molecule has 1 aliphatic carbocycles. The summed E-state index contributed by atoms with van der Waals surface area (Å²) in [4.78, 5) is 10.3. The fourth-order valence-corrected chi connectivity index (χ4v) is 2.39. The van der Waals surface area contributed by atoms with Gasteiger partial charge in [-0.1, -0.05) is 37.6 Å². The van der Waals surface area contributed by atoms with Gasteiger partial charge in [0, 0.05) is 5.92 Å². The summed E-state index contributed by atoms with van der Waals surface area (Å²) in [6.45, 7) is 8.79. The van der Waals surface area contributed by atoms with Crippen LogP contribution in [0.5, 0.6) is 0 Å². The van der Waals surface area contributed by atoms with E-state index < -0.39 is 0 Å². The van der Waals surface area contributed by atoms with Crippen molar-refractivity contribution >= 4 is 6.29 Å². The summed E-state index contributed by atoms with van der Waals surface area (Å²) in [6.07, 6.45) is 11.5. The highest BCUT2D eigenvalue weighted by Crippen LogP contribution is 2.41. The van der Waals surface area contributed by atoms with Crippen molar-refractivity contribution in [2.45, 2.75) is 40.5 Å². The van der Waals surface area contributed by atoms with Gasteiger partial charge in [-0.25, -0.2) is 0 Å². The fraction of sp³-hybridized carbons (Fsp3) is 0.533. The molecule has 1 unspecified atom stereocenters. The van der Waals surface area contributed by atoms with E-state index in [0.717, 1.165) is 11.9 Å². The zero-order chi connectivity index (χ0) is 12.2. The van der Waals surface area contributed by atoms with Crippen LogP contribution in [0.3, 0.4) is 0 Å². The van der Waals surface area contributed by atoms with Gasteiger partial charge in [0.15, 0.2) is 0 Å². The van der Waals surface area contributed by atoms with Crippen LogP contribution in [0.25, 0.3) is 0 Å². The van der Waals surface area contributed by atoms with Crippen LogP contribution in [0.2, 0.25) is 0 Å². The van der Waals surface area contributed by atoms with Gasteiger partial charge in [-0.2, -0.15) is 0 Å². The Morgan fingerprint density at radius 2 is 2.19 bits per heavy atom. The zero-order valence-corrected chi connectivity index (χ0v) is 10.8. The molecule has 1 rings (SSSR count). The minimum Gasteiger partial charge on any atom is -0.299 e. The topological polar surface area (TPSA) is 17.1 Å². The number of hydrogen-bond acceptors (Lipinski definition) is 1. The van der Waals surface area contributed by atoms with Crippen molar-refractivity contribution in [1.82, 2.24) is 0 Å². The van der Waals surface area contributed by atoms with Gasteiger partial charge in [-0.05, 0) is 43.8 Å². The monoisotopic (exact) mass is 218 g/mol. The van der Waals surface area contributed by atoms with Crippen LogP contribution < -0.4 is 0 Å². The lowest BCUT2D eigenvalue weighted by molar-refractivity contribution is -0.104. The largest absolute Gasteiger partial charge is 0.299 e. The third-order valence-electron chi connectivity index (χ3n) is 3.47. The standard InChI is InChI=1S/C15H22O/c1-12(9-11-16)7-8-14-13(2)6-5-10-15(14,3)4/h6-9,11,14H,5,10H2,1-4H3/b8-7+,12-9+. The lowest BCUT2D eigenvalue weighted by atomic mass is 9.68. The van der Waals surface area contributed by atoms with Crippen LogP contribution in [0, 0.1) is 11.3 Å². The maximum absolute atomic E-state index is 10.3. The number of hydrogen-bond donors (Lipinski definition) is 0. The van der Waals surface area contributed by atoms with Gasteiger partial charge in [0.05, 0.1) is 0 Å². The normalized spacial score (nSPS) is 25.6. The summed E-state index contributed by atoms with van der Waals surface area (Å²) in [7, 11) is 0. The smallest absolute Gasteiger partial charge is 0.143 e. The molecular formula is C15H22O. The molecule has 88 valence electrons. The Labute approximate surface area is 98.9 Å². The molecule has 0 saturated carbocycles. The zero-order valence-electron chi connectivity index (χ0n) is 10.8. The maximum atomic E-state index is 10.3. The van der Waals surface area contributed by atoms with Crippen molar-refractivity contribution in [2.75, 3.05) is 0 Å². The summed E-state index contributed by atoms with van der Waals surface area (Å²) in [5.74, 6) is 0.497. The molecule has 0 aliphatic heterocycles. The Balaban J connectivity index is 2.85. The van der Waals surface area contributed by atoms with Crippen molar-refractivity contribution in [3.05, 3.63) is 35.5 Å². The second-order valence-electron chi connectivity index (χ2n) is 5.36. The van der Waals surface area contributed by atoms with Crippen LogP contribution in [0.4, 0.5) is 0 Å². The van der Waals surface area contributed by atoms with Gasteiger partial charge in [0.2, 0.25) is 0 Å². The van der Waals surface area contributed by atoms with Crippen LogP contribution in [-0.4, -0.2) is 6.29 Å². The van der Waals surface area contributed by atoms with E-state index in [9.17, 15) is 4.79 Å². The molecule has 0 aromatic rings. The van der Waals surface area contributed by atoms with Gasteiger partial charge >= 0.3 is 0 Å². The fourth-order valence-electron chi connectivity index (χ4n) is 2.39. The summed E-state index contributed by atoms with van der Waals surface area (Å²) in [5, 5.41) is 0. The lowest BCUT2D eigenvalue weighted by Crippen LogP contribution is -2.26. The quantitative estimate of drug-likeness (QED) is 0.302. The Morgan fingerprint density at radius 3 is 2.75 bits per heavy atom. The third-order valence-corrected chi connectivity index (χ3v) is 3.47. The number of rotatable bonds is 3. The van der Waals surface area contributed by atoms with E-state index in [1.807, 2.05) is 6.92 Å². The van der Waals surface area contributed by atoms with Gasteiger partial charge in [0.25, 0.3) is 0 Å². The molecular weight excluding hydrogens is 196 g/mol. The van der Waals surface area contributed by atoms with Gasteiger partial charge in [0.1, 0.15) is 6.29 Å². The van der Waals surface area contributed by atoms with E-state index in [0.29, 0.717) is 11.3 Å². The molecule has 0 aromatic carbocycles. The molecule has 0 saturated heterocycles. The van der Waals surface area contributed by atoms with Crippen LogP contribution >= 0.6 is 0 Å². The van der Waals surface area contributed by atoms with Crippen molar-refractivity contribution in [2.24, 2.45) is 11.3 Å². The Bertz CT molecular complexity index is 342. The van der Waals surface area contributed by atoms with Crippen LogP contribution in [-0.2, 0) is 4.79 Å². The summed E-state index contributed by atoms with van der Waals surface area (Å²) < 4.78 is 0.